The number of nitrogens with zero attached hydrogens (tertiary/aromatic N) is 4. The SMILES string of the molecule is CCNc1nc(C)c(C(=O)N[C@H](CC)c2cn3cccnc3n2)s1. The van der Waals surface area contributed by atoms with Crippen LogP contribution in [-0.4, -0.2) is 31.8 Å². The van der Waals surface area contributed by atoms with Crippen molar-refractivity contribution in [3.05, 3.63) is 40.9 Å². The summed E-state index contributed by atoms with van der Waals surface area (Å²) in [5, 5.41) is 6.97. The lowest BCUT2D eigenvalue weighted by molar-refractivity contribution is 0.0938. The lowest BCUT2D eigenvalue weighted by Gasteiger charge is -2.14. The van der Waals surface area contributed by atoms with Gasteiger partial charge in [0, 0.05) is 25.1 Å². The van der Waals surface area contributed by atoms with Gasteiger partial charge in [0.25, 0.3) is 5.91 Å². The molecule has 0 aliphatic carbocycles. The van der Waals surface area contributed by atoms with Crippen molar-refractivity contribution in [2.45, 2.75) is 33.2 Å². The van der Waals surface area contributed by atoms with Crippen LogP contribution in [0.5, 0.6) is 0 Å². The second kappa shape index (κ2) is 6.96. The van der Waals surface area contributed by atoms with E-state index < -0.39 is 0 Å². The summed E-state index contributed by atoms with van der Waals surface area (Å²) in [5.74, 6) is 0.509. The predicted molar refractivity (Wildman–Crippen MR) is 94.5 cm³/mol. The van der Waals surface area contributed by atoms with Gasteiger partial charge >= 0.3 is 0 Å². The van der Waals surface area contributed by atoms with E-state index in [2.05, 4.69) is 25.6 Å². The molecule has 3 heterocycles. The number of nitrogens with one attached hydrogen (secondary N) is 2. The fourth-order valence-electron chi connectivity index (χ4n) is 2.46. The van der Waals surface area contributed by atoms with E-state index in [9.17, 15) is 4.79 Å². The number of rotatable bonds is 6. The number of imidazole rings is 1. The van der Waals surface area contributed by atoms with Crippen LogP contribution in [0.4, 0.5) is 5.13 Å². The molecule has 7 nitrogen and oxygen atoms in total. The molecule has 1 atom stereocenters. The topological polar surface area (TPSA) is 84.2 Å². The highest BCUT2D eigenvalue weighted by atomic mass is 32.1. The second-order valence-corrected chi connectivity index (χ2v) is 6.39. The summed E-state index contributed by atoms with van der Waals surface area (Å²) in [6.07, 6.45) is 6.24. The summed E-state index contributed by atoms with van der Waals surface area (Å²) in [6.45, 7) is 6.65. The van der Waals surface area contributed by atoms with Crippen LogP contribution < -0.4 is 10.6 Å². The Bertz CT molecular complexity index is 822. The number of anilines is 1. The lowest BCUT2D eigenvalue weighted by atomic mass is 10.1. The fourth-order valence-corrected chi connectivity index (χ4v) is 3.40. The Morgan fingerprint density at radius 3 is 2.92 bits per heavy atom. The first kappa shape index (κ1) is 16.4. The number of carbonyl (C=O) groups is 1. The molecule has 2 N–H and O–H groups in total. The zero-order chi connectivity index (χ0) is 17.1. The van der Waals surface area contributed by atoms with Crippen molar-refractivity contribution in [3.63, 3.8) is 0 Å². The number of thiazole rings is 1. The molecule has 0 saturated carbocycles. The Hall–Kier alpha value is -2.48. The van der Waals surface area contributed by atoms with Crippen molar-refractivity contribution >= 4 is 28.2 Å². The minimum atomic E-state index is -0.164. The number of hydrogen-bond donors (Lipinski definition) is 2. The Labute approximate surface area is 144 Å². The van der Waals surface area contributed by atoms with Gasteiger partial charge in [0.2, 0.25) is 5.78 Å². The predicted octanol–water partition coefficient (Wildman–Crippen LogP) is 2.81. The number of fused-ring (bicyclic) bond motifs is 1. The van der Waals surface area contributed by atoms with Gasteiger partial charge in [-0.2, -0.15) is 0 Å². The van der Waals surface area contributed by atoms with E-state index in [1.165, 1.54) is 11.3 Å². The molecule has 8 heteroatoms. The van der Waals surface area contributed by atoms with Crippen molar-refractivity contribution < 1.29 is 4.79 Å². The third kappa shape index (κ3) is 3.23. The molecule has 0 aromatic carbocycles. The molecule has 24 heavy (non-hydrogen) atoms. The molecule has 1 amide bonds. The first-order valence-corrected chi connectivity index (χ1v) is 8.75. The Morgan fingerprint density at radius 2 is 2.21 bits per heavy atom. The van der Waals surface area contributed by atoms with Crippen LogP contribution in [-0.2, 0) is 0 Å². The molecule has 3 rings (SSSR count). The zero-order valence-corrected chi connectivity index (χ0v) is 14.7. The molecule has 0 fully saturated rings. The zero-order valence-electron chi connectivity index (χ0n) is 13.9. The number of carbonyl (C=O) groups excluding carboxylic acids is 1. The molecule has 3 aromatic rings. The highest BCUT2D eigenvalue weighted by Gasteiger charge is 2.21. The van der Waals surface area contributed by atoms with Gasteiger partial charge in [-0.25, -0.2) is 15.0 Å². The van der Waals surface area contributed by atoms with Crippen LogP contribution in [0.15, 0.2) is 24.7 Å². The molecule has 0 spiro atoms. The number of aryl methyl sites for hydroxylation is 1. The van der Waals surface area contributed by atoms with Crippen LogP contribution >= 0.6 is 11.3 Å². The molecule has 0 aliphatic rings. The minimum absolute atomic E-state index is 0.119. The van der Waals surface area contributed by atoms with E-state index in [4.69, 9.17) is 0 Å². The van der Waals surface area contributed by atoms with Crippen LogP contribution in [0.3, 0.4) is 0 Å². The van der Waals surface area contributed by atoms with E-state index in [0.29, 0.717) is 10.7 Å². The van der Waals surface area contributed by atoms with Crippen molar-refractivity contribution in [2.24, 2.45) is 0 Å². The number of aromatic nitrogens is 4. The smallest absolute Gasteiger partial charge is 0.263 e. The Balaban J connectivity index is 1.80. The summed E-state index contributed by atoms with van der Waals surface area (Å²) in [5.41, 5.74) is 1.54. The van der Waals surface area contributed by atoms with E-state index in [0.717, 1.165) is 29.5 Å². The highest BCUT2D eigenvalue weighted by molar-refractivity contribution is 7.17. The summed E-state index contributed by atoms with van der Waals surface area (Å²) < 4.78 is 1.85. The molecule has 0 unspecified atom stereocenters. The maximum atomic E-state index is 12.6. The van der Waals surface area contributed by atoms with E-state index in [1.54, 1.807) is 6.20 Å². The summed E-state index contributed by atoms with van der Waals surface area (Å²) >= 11 is 1.37. The van der Waals surface area contributed by atoms with Gasteiger partial charge in [0.1, 0.15) is 4.88 Å². The lowest BCUT2D eigenvalue weighted by Crippen LogP contribution is -2.28. The maximum absolute atomic E-state index is 12.6. The largest absolute Gasteiger partial charge is 0.362 e. The Kier molecular flexibility index (Phi) is 4.75. The summed E-state index contributed by atoms with van der Waals surface area (Å²) in [4.78, 5) is 26.3. The molecule has 0 bridgehead atoms. The average Bonchev–Trinajstić information content (AvgIpc) is 3.16. The molecule has 3 aromatic heterocycles. The van der Waals surface area contributed by atoms with Gasteiger partial charge in [-0.15, -0.1) is 0 Å². The molecule has 0 aliphatic heterocycles. The van der Waals surface area contributed by atoms with E-state index >= 15 is 0 Å². The standard InChI is InChI=1S/C16H20N6OS/c1-4-11(12-9-22-8-6-7-18-15(22)21-12)20-14(23)13-10(3)19-16(24-13)17-5-2/h6-9,11H,4-5H2,1-3H3,(H,17,19)(H,20,23)/t11-/m1/s1. The first-order chi connectivity index (χ1) is 11.6. The van der Waals surface area contributed by atoms with Crippen molar-refractivity contribution in [1.29, 1.82) is 0 Å². The van der Waals surface area contributed by atoms with Gasteiger partial charge in [-0.3, -0.25) is 9.20 Å². The Morgan fingerprint density at radius 1 is 1.38 bits per heavy atom. The van der Waals surface area contributed by atoms with Crippen molar-refractivity contribution in [1.82, 2.24) is 24.7 Å². The fraction of sp³-hybridized carbons (Fsp3) is 0.375. The van der Waals surface area contributed by atoms with Crippen LogP contribution in [0, 0.1) is 6.92 Å². The van der Waals surface area contributed by atoms with E-state index in [1.807, 2.05) is 43.6 Å². The number of hydrogen-bond acceptors (Lipinski definition) is 6. The maximum Gasteiger partial charge on any atom is 0.263 e. The van der Waals surface area contributed by atoms with Gasteiger partial charge < -0.3 is 10.6 Å². The summed E-state index contributed by atoms with van der Waals surface area (Å²) in [6, 6.07) is 1.68. The molecular weight excluding hydrogens is 324 g/mol. The minimum Gasteiger partial charge on any atom is -0.362 e. The van der Waals surface area contributed by atoms with E-state index in [-0.39, 0.29) is 11.9 Å². The van der Waals surface area contributed by atoms with Crippen LogP contribution in [0.1, 0.15) is 47.4 Å². The molecule has 0 saturated heterocycles. The average molecular weight is 344 g/mol. The van der Waals surface area contributed by atoms with Gasteiger partial charge in [-0.05, 0) is 26.3 Å². The van der Waals surface area contributed by atoms with Crippen molar-refractivity contribution in [3.8, 4) is 0 Å². The third-order valence-corrected chi connectivity index (χ3v) is 4.77. The molecule has 126 valence electrons. The molecular formula is C16H20N6OS. The highest BCUT2D eigenvalue weighted by Crippen LogP contribution is 2.24. The quantitative estimate of drug-likeness (QED) is 0.718. The van der Waals surface area contributed by atoms with Crippen LogP contribution in [0.25, 0.3) is 5.78 Å². The second-order valence-electron chi connectivity index (χ2n) is 5.39. The van der Waals surface area contributed by atoms with Gasteiger partial charge in [0.15, 0.2) is 5.13 Å². The normalized spacial score (nSPS) is 12.3. The van der Waals surface area contributed by atoms with Crippen molar-refractivity contribution in [2.75, 3.05) is 11.9 Å². The molecule has 0 radical (unpaired) electrons. The van der Waals surface area contributed by atoms with Gasteiger partial charge in [0.05, 0.1) is 17.4 Å². The number of amides is 1. The first-order valence-electron chi connectivity index (χ1n) is 7.94. The van der Waals surface area contributed by atoms with Gasteiger partial charge in [-0.1, -0.05) is 18.3 Å². The summed E-state index contributed by atoms with van der Waals surface area (Å²) in [7, 11) is 0. The monoisotopic (exact) mass is 344 g/mol. The third-order valence-electron chi connectivity index (χ3n) is 3.66. The van der Waals surface area contributed by atoms with Crippen LogP contribution in [0.2, 0.25) is 0 Å².